The Morgan fingerprint density at radius 1 is 1.00 bits per heavy atom. The molecule has 4 rings (SSSR count). The van der Waals surface area contributed by atoms with Crippen LogP contribution in [-0.2, 0) is 26.8 Å². The van der Waals surface area contributed by atoms with Crippen LogP contribution in [0.5, 0.6) is 5.75 Å². The third-order valence-electron chi connectivity index (χ3n) is 8.72. The molecular formula is C36H46ClN3O8S. The molecule has 1 aliphatic rings. The molecule has 0 radical (unpaired) electrons. The van der Waals surface area contributed by atoms with Crippen molar-refractivity contribution in [2.24, 2.45) is 5.41 Å². The summed E-state index contributed by atoms with van der Waals surface area (Å²) in [5, 5.41) is 23.5. The zero-order chi connectivity index (χ0) is 35.7. The zero-order valence-corrected chi connectivity index (χ0v) is 29.8. The maximum absolute atomic E-state index is 13.0. The van der Waals surface area contributed by atoms with Gasteiger partial charge in [-0.25, -0.2) is 22.9 Å². The van der Waals surface area contributed by atoms with Gasteiger partial charge in [-0.1, -0.05) is 75.2 Å². The van der Waals surface area contributed by atoms with Crippen LogP contribution in [0.25, 0.3) is 11.1 Å². The number of benzene rings is 2. The van der Waals surface area contributed by atoms with Gasteiger partial charge in [-0.15, -0.1) is 0 Å². The maximum atomic E-state index is 13.0. The molecule has 0 aliphatic heterocycles. The fraction of sp³-hybridized carbons (Fsp3) is 0.472. The van der Waals surface area contributed by atoms with Gasteiger partial charge in [0, 0.05) is 24.9 Å². The predicted octanol–water partition coefficient (Wildman–Crippen LogP) is 5.76. The van der Waals surface area contributed by atoms with Gasteiger partial charge in [0.05, 0.1) is 17.4 Å². The van der Waals surface area contributed by atoms with Crippen molar-refractivity contribution < 1.29 is 37.7 Å². The Hall–Kier alpha value is -3.71. The number of amides is 2. The van der Waals surface area contributed by atoms with Crippen molar-refractivity contribution in [2.45, 2.75) is 77.4 Å². The predicted molar refractivity (Wildman–Crippen MR) is 188 cm³/mol. The smallest absolute Gasteiger partial charge is 0.407 e. The second-order valence-corrected chi connectivity index (χ2v) is 15.6. The highest BCUT2D eigenvalue weighted by molar-refractivity contribution is 7.90. The summed E-state index contributed by atoms with van der Waals surface area (Å²) < 4.78 is 38.5. The normalized spacial score (nSPS) is 15.2. The summed E-state index contributed by atoms with van der Waals surface area (Å²) in [6, 6.07) is 16.0. The number of aliphatic hydroxyl groups excluding tert-OH is 1. The molecule has 3 aromatic rings. The van der Waals surface area contributed by atoms with Gasteiger partial charge in [-0.05, 0) is 78.8 Å². The lowest BCUT2D eigenvalue weighted by Gasteiger charge is -2.39. The number of aliphatic hydroxyl groups is 2. The van der Waals surface area contributed by atoms with Gasteiger partial charge in [-0.3, -0.25) is 4.79 Å². The average Bonchev–Trinajstić information content (AvgIpc) is 3.06. The SMILES string of the molecule is CC(C)(C)[C@](O)(COC(=O)NCCc1ccc(-c2ccc(C(=O)NS(=O)(=O)CCCO)c(OC3CCCCC3)c2)cc1)c1ccc(Cl)nc1. The highest BCUT2D eigenvalue weighted by atomic mass is 35.5. The molecule has 13 heteroatoms. The summed E-state index contributed by atoms with van der Waals surface area (Å²) in [6.07, 6.45) is 6.18. The standard InChI is InChI=1S/C36H46ClN3O8S/c1-35(2,3)36(44,28-15-17-32(37)39-23-28)24-47-34(43)38-19-18-25-10-12-26(13-11-25)27-14-16-30(33(42)40-49(45,46)21-7-20-41)31(22-27)48-29-8-5-4-6-9-29/h10-17,22-23,29,41,44H,4-9,18-21,24H2,1-3H3,(H,38,43)(H,40,42)/t36-/m0/s1. The van der Waals surface area contributed by atoms with Crippen molar-refractivity contribution >= 4 is 33.6 Å². The van der Waals surface area contributed by atoms with Gasteiger partial charge >= 0.3 is 6.09 Å². The third-order valence-corrected chi connectivity index (χ3v) is 10.3. The molecule has 0 bridgehead atoms. The van der Waals surface area contributed by atoms with Crippen LogP contribution in [0, 0.1) is 5.41 Å². The summed E-state index contributed by atoms with van der Waals surface area (Å²) in [6.45, 7) is 5.27. The molecule has 1 atom stereocenters. The number of sulfonamides is 1. The minimum Gasteiger partial charge on any atom is -0.490 e. The quantitative estimate of drug-likeness (QED) is 0.152. The van der Waals surface area contributed by atoms with Crippen molar-refractivity contribution in [3.8, 4) is 16.9 Å². The van der Waals surface area contributed by atoms with Crippen LogP contribution < -0.4 is 14.8 Å². The van der Waals surface area contributed by atoms with E-state index >= 15 is 0 Å². The lowest BCUT2D eigenvalue weighted by atomic mass is 9.73. The van der Waals surface area contributed by atoms with Crippen molar-refractivity contribution in [3.05, 3.63) is 82.6 Å². The molecule has 266 valence electrons. The third kappa shape index (κ3) is 10.6. The van der Waals surface area contributed by atoms with Crippen molar-refractivity contribution in [3.63, 3.8) is 0 Å². The van der Waals surface area contributed by atoms with E-state index < -0.39 is 33.0 Å². The summed E-state index contributed by atoms with van der Waals surface area (Å²) in [5.74, 6) is -0.823. The molecule has 1 aliphatic carbocycles. The van der Waals surface area contributed by atoms with Crippen LogP contribution in [0.15, 0.2) is 60.8 Å². The molecule has 0 unspecified atom stereocenters. The molecule has 11 nitrogen and oxygen atoms in total. The van der Waals surface area contributed by atoms with Gasteiger partial charge in [0.2, 0.25) is 10.0 Å². The molecule has 2 amide bonds. The molecule has 2 aromatic carbocycles. The van der Waals surface area contributed by atoms with Gasteiger partial charge < -0.3 is 25.0 Å². The number of ether oxygens (including phenoxy) is 2. The zero-order valence-electron chi connectivity index (χ0n) is 28.2. The number of alkyl carbamates (subject to hydrolysis) is 1. The van der Waals surface area contributed by atoms with E-state index in [2.05, 4.69) is 15.0 Å². The van der Waals surface area contributed by atoms with Crippen LogP contribution in [0.1, 0.15) is 80.8 Å². The molecule has 1 heterocycles. The number of carbonyl (C=O) groups excluding carboxylic acids is 2. The summed E-state index contributed by atoms with van der Waals surface area (Å²) >= 11 is 5.91. The Balaban J connectivity index is 1.38. The van der Waals surface area contributed by atoms with Crippen molar-refractivity contribution in [1.82, 2.24) is 15.0 Å². The maximum Gasteiger partial charge on any atom is 0.407 e. The number of nitrogens with zero attached hydrogens (tertiary/aromatic N) is 1. The van der Waals surface area contributed by atoms with E-state index in [0.29, 0.717) is 29.4 Å². The lowest BCUT2D eigenvalue weighted by molar-refractivity contribution is -0.103. The Morgan fingerprint density at radius 3 is 2.33 bits per heavy atom. The molecule has 1 saturated carbocycles. The number of hydrogen-bond acceptors (Lipinski definition) is 9. The highest BCUT2D eigenvalue weighted by Crippen LogP contribution is 2.39. The van der Waals surface area contributed by atoms with E-state index in [-0.39, 0.29) is 37.1 Å². The monoisotopic (exact) mass is 715 g/mol. The fourth-order valence-corrected chi connectivity index (χ4v) is 6.71. The molecule has 0 spiro atoms. The average molecular weight is 716 g/mol. The number of halogens is 1. The van der Waals surface area contributed by atoms with Gasteiger partial charge in [0.25, 0.3) is 5.91 Å². The second kappa shape index (κ2) is 16.8. The van der Waals surface area contributed by atoms with Crippen molar-refractivity contribution in [1.29, 1.82) is 0 Å². The molecule has 49 heavy (non-hydrogen) atoms. The van der Waals surface area contributed by atoms with E-state index in [1.807, 2.05) is 45.0 Å². The first-order valence-electron chi connectivity index (χ1n) is 16.5. The summed E-state index contributed by atoms with van der Waals surface area (Å²) in [5.41, 5.74) is 1.09. The van der Waals surface area contributed by atoms with E-state index in [4.69, 9.17) is 26.2 Å². The number of pyridine rings is 1. The van der Waals surface area contributed by atoms with Gasteiger partial charge in [0.1, 0.15) is 23.1 Å². The Morgan fingerprint density at radius 2 is 1.69 bits per heavy atom. The fourth-order valence-electron chi connectivity index (χ4n) is 5.60. The lowest BCUT2D eigenvalue weighted by Crippen LogP contribution is -2.45. The van der Waals surface area contributed by atoms with Crippen LogP contribution in [-0.4, -0.2) is 67.2 Å². The summed E-state index contributed by atoms with van der Waals surface area (Å²) in [7, 11) is -3.92. The van der Waals surface area contributed by atoms with E-state index in [1.165, 1.54) is 6.20 Å². The number of rotatable bonds is 14. The first-order chi connectivity index (χ1) is 23.2. The number of carbonyl (C=O) groups is 2. The van der Waals surface area contributed by atoms with E-state index in [1.54, 1.807) is 30.3 Å². The van der Waals surface area contributed by atoms with E-state index in [9.17, 15) is 23.1 Å². The van der Waals surface area contributed by atoms with Gasteiger partial charge in [0.15, 0.2) is 0 Å². The Labute approximate surface area is 293 Å². The highest BCUT2D eigenvalue weighted by Gasteiger charge is 2.43. The number of aromatic nitrogens is 1. The first kappa shape index (κ1) is 38.1. The van der Waals surface area contributed by atoms with Crippen LogP contribution in [0.3, 0.4) is 0 Å². The minimum absolute atomic E-state index is 0.0220. The second-order valence-electron chi connectivity index (χ2n) is 13.3. The van der Waals surface area contributed by atoms with E-state index in [0.717, 1.165) is 48.8 Å². The molecular weight excluding hydrogens is 670 g/mol. The largest absolute Gasteiger partial charge is 0.490 e. The molecule has 0 saturated heterocycles. The molecule has 1 aromatic heterocycles. The Bertz CT molecular complexity index is 1670. The Kier molecular flexibility index (Phi) is 13.1. The minimum atomic E-state index is -3.92. The molecule has 1 fully saturated rings. The van der Waals surface area contributed by atoms with Crippen molar-refractivity contribution in [2.75, 3.05) is 25.5 Å². The molecule has 4 N–H and O–H groups in total. The number of hydrogen-bond donors (Lipinski definition) is 4. The topological polar surface area (TPSA) is 164 Å². The van der Waals surface area contributed by atoms with Crippen LogP contribution >= 0.6 is 11.6 Å². The summed E-state index contributed by atoms with van der Waals surface area (Å²) in [4.78, 5) is 29.6. The van der Waals surface area contributed by atoms with Gasteiger partial charge in [-0.2, -0.15) is 0 Å². The number of nitrogens with one attached hydrogen (secondary N) is 2. The van der Waals surface area contributed by atoms with Crippen LogP contribution in [0.4, 0.5) is 4.79 Å². The first-order valence-corrected chi connectivity index (χ1v) is 18.5. The van der Waals surface area contributed by atoms with Crippen LogP contribution in [0.2, 0.25) is 5.15 Å².